The molecular weight excluding hydrogens is 554 g/mol. The van der Waals surface area contributed by atoms with Crippen molar-refractivity contribution in [2.75, 3.05) is 0 Å². The SMILES string of the molecule is C1=CC2=Nc3ccc4nc5ccc([n+]-5[cH-]n34)N=c3ccc([n-]3)=NC1=N2.[U]. The molecule has 9 heteroatoms. The minimum Gasteiger partial charge on any atom is -0.376 e. The fourth-order valence-electron chi connectivity index (χ4n) is 2.97. The summed E-state index contributed by atoms with van der Waals surface area (Å²) in [5, 5.41) is 0. The van der Waals surface area contributed by atoms with E-state index in [4.69, 9.17) is 0 Å². The molecule has 6 heterocycles. The van der Waals surface area contributed by atoms with Crippen molar-refractivity contribution in [2.45, 2.75) is 0 Å². The molecule has 0 aliphatic carbocycles. The third-order valence-corrected chi connectivity index (χ3v) is 4.12. The van der Waals surface area contributed by atoms with Crippen LogP contribution in [-0.4, -0.2) is 21.1 Å². The molecule has 4 aliphatic heterocycles. The van der Waals surface area contributed by atoms with Gasteiger partial charge in [0, 0.05) is 47.9 Å². The zero-order chi connectivity index (χ0) is 16.4. The van der Waals surface area contributed by atoms with E-state index in [0.29, 0.717) is 22.6 Å². The Balaban J connectivity index is 0.00000150. The Labute approximate surface area is 170 Å². The van der Waals surface area contributed by atoms with Crippen LogP contribution < -0.4 is 20.5 Å². The molecule has 0 unspecified atom stereocenters. The molecule has 0 saturated carbocycles. The van der Waals surface area contributed by atoms with Gasteiger partial charge in [-0.15, -0.1) is 0 Å². The third-order valence-electron chi connectivity index (χ3n) is 4.12. The van der Waals surface area contributed by atoms with Crippen LogP contribution in [0.25, 0.3) is 11.5 Å². The number of aromatic nitrogens is 4. The van der Waals surface area contributed by atoms with E-state index in [2.05, 4.69) is 29.9 Å². The van der Waals surface area contributed by atoms with Crippen LogP contribution >= 0.6 is 0 Å². The van der Waals surface area contributed by atoms with Crippen molar-refractivity contribution in [1.82, 2.24) is 14.4 Å². The van der Waals surface area contributed by atoms with E-state index >= 15 is 0 Å². The van der Waals surface area contributed by atoms with E-state index in [-0.39, 0.29) is 31.1 Å². The molecular formula is C17H9N8U-. The molecule has 0 atom stereocenters. The Morgan fingerprint density at radius 2 is 1.65 bits per heavy atom. The first-order valence-electron chi connectivity index (χ1n) is 7.74. The van der Waals surface area contributed by atoms with E-state index in [9.17, 15) is 0 Å². The molecule has 6 rings (SSSR count). The number of amidine groups is 2. The van der Waals surface area contributed by atoms with Crippen LogP contribution in [0.2, 0.25) is 0 Å². The average Bonchev–Trinajstić information content (AvgIpc) is 3.37. The molecule has 26 heavy (non-hydrogen) atoms. The largest absolute Gasteiger partial charge is 0.376 e. The van der Waals surface area contributed by atoms with Crippen molar-refractivity contribution >= 4 is 29.0 Å². The first-order chi connectivity index (χ1) is 12.3. The maximum Gasteiger partial charge on any atom is 0.166 e. The van der Waals surface area contributed by atoms with Crippen LogP contribution in [0.1, 0.15) is 0 Å². The molecule has 0 amide bonds. The monoisotopic (exact) mass is 563 g/mol. The fourth-order valence-corrected chi connectivity index (χ4v) is 2.97. The van der Waals surface area contributed by atoms with Crippen molar-refractivity contribution in [3.05, 3.63) is 65.9 Å². The summed E-state index contributed by atoms with van der Waals surface area (Å²) in [5.41, 5.74) is 1.98. The minimum absolute atomic E-state index is 0. The molecule has 0 saturated heterocycles. The topological polar surface area (TPSA) is 84.7 Å². The second-order valence-electron chi connectivity index (χ2n) is 5.73. The Morgan fingerprint density at radius 1 is 0.846 bits per heavy atom. The molecule has 0 N–H and O–H groups in total. The summed E-state index contributed by atoms with van der Waals surface area (Å²) < 4.78 is 3.82. The standard InChI is InChI=1S/C17H9N8.U/c1-3-12-19-10(1)18-11-2-4-13(20-11)22-15-6-8-17-23-16-7-5-14(21-12)24(16)9-25(15)17;/h1-9H;/q-1;. The smallest absolute Gasteiger partial charge is 0.166 e. The van der Waals surface area contributed by atoms with Gasteiger partial charge in [-0.05, 0) is 42.5 Å². The molecule has 0 aromatic carbocycles. The maximum atomic E-state index is 4.65. The van der Waals surface area contributed by atoms with E-state index in [1.807, 2.05) is 63.8 Å². The Kier molecular flexibility index (Phi) is 3.35. The molecule has 0 fully saturated rings. The molecule has 6 bridgehead atoms. The van der Waals surface area contributed by atoms with E-state index in [1.165, 1.54) is 0 Å². The first kappa shape index (κ1) is 15.5. The van der Waals surface area contributed by atoms with Gasteiger partial charge in [-0.25, -0.2) is 9.98 Å². The Bertz CT molecular complexity index is 1350. The fraction of sp³-hybridized carbons (Fsp3) is 0. The van der Waals surface area contributed by atoms with Gasteiger partial charge in [0.15, 0.2) is 11.5 Å². The molecule has 2 aromatic rings. The number of fused-ring (bicyclic) bond motifs is 3. The maximum absolute atomic E-state index is 4.65. The molecule has 4 aliphatic rings. The summed E-state index contributed by atoms with van der Waals surface area (Å²) in [6.07, 6.45) is 5.58. The van der Waals surface area contributed by atoms with Crippen molar-refractivity contribution in [3.63, 3.8) is 0 Å². The molecule has 122 valence electrons. The molecule has 2 aromatic heterocycles. The summed E-state index contributed by atoms with van der Waals surface area (Å²) in [6.45, 7) is 0. The van der Waals surface area contributed by atoms with Crippen LogP contribution in [0.4, 0.5) is 11.6 Å². The summed E-state index contributed by atoms with van der Waals surface area (Å²) in [4.78, 5) is 27.1. The van der Waals surface area contributed by atoms with Gasteiger partial charge in [0.05, 0.1) is 12.2 Å². The van der Waals surface area contributed by atoms with Crippen LogP contribution in [0.3, 0.4) is 0 Å². The Morgan fingerprint density at radius 3 is 2.54 bits per heavy atom. The normalized spacial score (nSPS) is 14.8. The quantitative estimate of drug-likeness (QED) is 0.228. The zero-order valence-corrected chi connectivity index (χ0v) is 17.4. The van der Waals surface area contributed by atoms with Gasteiger partial charge in [0.2, 0.25) is 0 Å². The summed E-state index contributed by atoms with van der Waals surface area (Å²) in [6, 6.07) is 11.3. The van der Waals surface area contributed by atoms with Crippen molar-refractivity contribution < 1.29 is 35.7 Å². The van der Waals surface area contributed by atoms with Gasteiger partial charge in [-0.1, -0.05) is 6.07 Å². The predicted molar refractivity (Wildman–Crippen MR) is 88.9 cm³/mol. The number of hydrogen-bond donors (Lipinski definition) is 0. The van der Waals surface area contributed by atoms with Crippen molar-refractivity contribution in [2.24, 2.45) is 20.0 Å². The number of aliphatic imine (C=N–C) groups is 2. The van der Waals surface area contributed by atoms with Gasteiger partial charge in [0.25, 0.3) is 0 Å². The Hall–Kier alpha value is -2.76. The van der Waals surface area contributed by atoms with Crippen LogP contribution in [-0.2, 0) is 0 Å². The number of nitrogens with zero attached hydrogens (tertiary/aromatic N) is 8. The molecule has 8 nitrogen and oxygen atoms in total. The van der Waals surface area contributed by atoms with Crippen LogP contribution in [0, 0.1) is 31.1 Å². The van der Waals surface area contributed by atoms with E-state index in [1.54, 1.807) is 0 Å². The summed E-state index contributed by atoms with van der Waals surface area (Å²) >= 11 is 0. The molecule has 0 spiro atoms. The van der Waals surface area contributed by atoms with Gasteiger partial charge in [0.1, 0.15) is 11.7 Å². The van der Waals surface area contributed by atoms with Gasteiger partial charge >= 0.3 is 0 Å². The summed E-state index contributed by atoms with van der Waals surface area (Å²) in [7, 11) is 0. The van der Waals surface area contributed by atoms with Gasteiger partial charge < -0.3 is 23.9 Å². The van der Waals surface area contributed by atoms with Gasteiger partial charge in [-0.2, -0.15) is 4.98 Å². The van der Waals surface area contributed by atoms with Crippen molar-refractivity contribution in [3.8, 4) is 5.82 Å². The first-order valence-corrected chi connectivity index (χ1v) is 7.74. The van der Waals surface area contributed by atoms with Gasteiger partial charge in [-0.3, -0.25) is 0 Å². The zero-order valence-electron chi connectivity index (χ0n) is 13.3. The van der Waals surface area contributed by atoms with Crippen LogP contribution in [0.15, 0.2) is 74.8 Å². The number of hydrogen-bond acceptors (Lipinski definition) is 5. The number of rotatable bonds is 0. The second kappa shape index (κ2) is 5.62. The summed E-state index contributed by atoms with van der Waals surface area (Å²) in [5.74, 6) is 3.48. The molecule has 0 radical (unpaired) electrons. The van der Waals surface area contributed by atoms with Crippen LogP contribution in [0.5, 0.6) is 0 Å². The predicted octanol–water partition coefficient (Wildman–Crippen LogP) is 0.308. The average molecular weight is 563 g/mol. The third kappa shape index (κ3) is 2.32. The van der Waals surface area contributed by atoms with E-state index in [0.717, 1.165) is 23.1 Å². The second-order valence-corrected chi connectivity index (χ2v) is 5.73. The van der Waals surface area contributed by atoms with E-state index < -0.39 is 0 Å². The van der Waals surface area contributed by atoms with Crippen molar-refractivity contribution in [1.29, 1.82) is 0 Å². The minimum atomic E-state index is 0.